The fourth-order valence-corrected chi connectivity index (χ4v) is 1.59. The third-order valence-corrected chi connectivity index (χ3v) is 2.95. The third-order valence-electron chi connectivity index (χ3n) is 2.95. The molecule has 1 aromatic carbocycles. The summed E-state index contributed by atoms with van der Waals surface area (Å²) in [6.07, 6.45) is 1.42. The molecule has 0 saturated heterocycles. The van der Waals surface area contributed by atoms with Gasteiger partial charge < -0.3 is 16.4 Å². The van der Waals surface area contributed by atoms with Crippen LogP contribution < -0.4 is 16.4 Å². The van der Waals surface area contributed by atoms with Crippen LogP contribution in [0.5, 0.6) is 0 Å². The van der Waals surface area contributed by atoms with Gasteiger partial charge in [-0.25, -0.2) is 0 Å². The second-order valence-corrected chi connectivity index (χ2v) is 4.63. The summed E-state index contributed by atoms with van der Waals surface area (Å²) in [6.45, 7) is 6.69. The molecule has 18 heavy (non-hydrogen) atoms. The van der Waals surface area contributed by atoms with Crippen molar-refractivity contribution in [3.8, 4) is 0 Å². The Morgan fingerprint density at radius 1 is 1.44 bits per heavy atom. The molecule has 0 aliphatic rings. The number of anilines is 2. The van der Waals surface area contributed by atoms with Gasteiger partial charge in [0.05, 0.1) is 0 Å². The van der Waals surface area contributed by atoms with Gasteiger partial charge >= 0.3 is 0 Å². The molecule has 100 valence electrons. The van der Waals surface area contributed by atoms with Gasteiger partial charge in [-0.3, -0.25) is 4.79 Å². The smallest absolute Gasteiger partial charge is 0.221 e. The van der Waals surface area contributed by atoms with Crippen LogP contribution in [-0.2, 0) is 4.79 Å². The Hall–Kier alpha value is -1.71. The maximum atomic E-state index is 11.6. The maximum absolute atomic E-state index is 11.6. The molecule has 1 atom stereocenters. The first-order chi connectivity index (χ1) is 8.52. The van der Waals surface area contributed by atoms with E-state index in [9.17, 15) is 4.79 Å². The summed E-state index contributed by atoms with van der Waals surface area (Å²) in [5.41, 5.74) is 8.58. The minimum atomic E-state index is 0.0819. The maximum Gasteiger partial charge on any atom is 0.221 e. The second kappa shape index (κ2) is 6.89. The molecular formula is C14H23N3O. The van der Waals surface area contributed by atoms with Gasteiger partial charge in [-0.1, -0.05) is 13.0 Å². The number of rotatable bonds is 6. The Bertz CT molecular complexity index is 404. The van der Waals surface area contributed by atoms with E-state index in [1.54, 1.807) is 0 Å². The molecule has 1 aromatic rings. The summed E-state index contributed by atoms with van der Waals surface area (Å²) in [4.78, 5) is 11.6. The van der Waals surface area contributed by atoms with E-state index in [-0.39, 0.29) is 11.9 Å². The largest absolute Gasteiger partial charge is 0.399 e. The monoisotopic (exact) mass is 249 g/mol. The number of benzene rings is 1. The van der Waals surface area contributed by atoms with Crippen LogP contribution in [0.2, 0.25) is 0 Å². The van der Waals surface area contributed by atoms with E-state index in [2.05, 4.69) is 17.6 Å². The van der Waals surface area contributed by atoms with Crippen molar-refractivity contribution in [2.75, 3.05) is 17.6 Å². The molecule has 0 bridgehead atoms. The second-order valence-electron chi connectivity index (χ2n) is 4.63. The van der Waals surface area contributed by atoms with Gasteiger partial charge in [-0.2, -0.15) is 0 Å². The number of hydrogen-bond acceptors (Lipinski definition) is 3. The van der Waals surface area contributed by atoms with Crippen molar-refractivity contribution < 1.29 is 4.79 Å². The van der Waals surface area contributed by atoms with Gasteiger partial charge in [0, 0.05) is 30.4 Å². The lowest BCUT2D eigenvalue weighted by Crippen LogP contribution is -2.32. The Balaban J connectivity index is 2.37. The molecule has 0 aliphatic heterocycles. The molecule has 4 nitrogen and oxygen atoms in total. The van der Waals surface area contributed by atoms with Gasteiger partial charge in [-0.05, 0) is 38.0 Å². The number of nitrogen functional groups attached to an aromatic ring is 1. The van der Waals surface area contributed by atoms with E-state index in [0.29, 0.717) is 13.0 Å². The fraction of sp³-hybridized carbons (Fsp3) is 0.500. The molecule has 1 rings (SSSR count). The number of aryl methyl sites for hydroxylation is 1. The lowest BCUT2D eigenvalue weighted by Gasteiger charge is -2.13. The molecule has 0 spiro atoms. The van der Waals surface area contributed by atoms with Crippen molar-refractivity contribution in [2.24, 2.45) is 0 Å². The predicted octanol–water partition coefficient (Wildman–Crippen LogP) is 2.29. The van der Waals surface area contributed by atoms with E-state index < -0.39 is 0 Å². The number of carbonyl (C=O) groups excluding carboxylic acids is 1. The average molecular weight is 249 g/mol. The van der Waals surface area contributed by atoms with Crippen molar-refractivity contribution >= 4 is 17.3 Å². The molecule has 0 radical (unpaired) electrons. The highest BCUT2D eigenvalue weighted by molar-refractivity contribution is 5.76. The van der Waals surface area contributed by atoms with E-state index in [4.69, 9.17) is 5.73 Å². The molecule has 0 aliphatic carbocycles. The van der Waals surface area contributed by atoms with Gasteiger partial charge in [0.1, 0.15) is 0 Å². The van der Waals surface area contributed by atoms with Crippen molar-refractivity contribution in [2.45, 2.75) is 39.7 Å². The van der Waals surface area contributed by atoms with Crippen LogP contribution in [0.3, 0.4) is 0 Å². The van der Waals surface area contributed by atoms with E-state index in [1.165, 1.54) is 0 Å². The molecule has 4 heteroatoms. The average Bonchev–Trinajstić information content (AvgIpc) is 2.33. The quantitative estimate of drug-likeness (QED) is 0.678. The number of nitrogens with two attached hydrogens (primary N) is 1. The molecular weight excluding hydrogens is 226 g/mol. The number of nitrogens with one attached hydrogen (secondary N) is 2. The van der Waals surface area contributed by atoms with Crippen LogP contribution in [0, 0.1) is 6.92 Å². The molecule has 4 N–H and O–H groups in total. The predicted molar refractivity (Wildman–Crippen MR) is 76.6 cm³/mol. The Morgan fingerprint density at radius 3 is 2.83 bits per heavy atom. The molecule has 1 unspecified atom stereocenters. The minimum absolute atomic E-state index is 0.0819. The summed E-state index contributed by atoms with van der Waals surface area (Å²) in [5.74, 6) is 0.0819. The Labute approximate surface area is 109 Å². The first kappa shape index (κ1) is 14.4. The van der Waals surface area contributed by atoms with Gasteiger partial charge in [0.15, 0.2) is 0 Å². The van der Waals surface area contributed by atoms with Crippen LogP contribution in [0.1, 0.15) is 32.3 Å². The van der Waals surface area contributed by atoms with E-state index in [1.807, 2.05) is 32.0 Å². The highest BCUT2D eigenvalue weighted by atomic mass is 16.1. The summed E-state index contributed by atoms with van der Waals surface area (Å²) in [7, 11) is 0. The lowest BCUT2D eigenvalue weighted by molar-refractivity contribution is -0.121. The number of hydrogen-bond donors (Lipinski definition) is 3. The third kappa shape index (κ3) is 4.65. The first-order valence-corrected chi connectivity index (χ1v) is 6.42. The van der Waals surface area contributed by atoms with Crippen molar-refractivity contribution in [1.29, 1.82) is 0 Å². The fourth-order valence-electron chi connectivity index (χ4n) is 1.59. The SMILES string of the molecule is CCC(C)NC(=O)CCNc1cc(N)ccc1C. The van der Waals surface area contributed by atoms with Crippen LogP contribution in [0.15, 0.2) is 18.2 Å². The van der Waals surface area contributed by atoms with Crippen LogP contribution in [-0.4, -0.2) is 18.5 Å². The standard InChI is InChI=1S/C14H23N3O/c1-4-11(3)17-14(18)7-8-16-13-9-12(15)6-5-10(13)2/h5-6,9,11,16H,4,7-8,15H2,1-3H3,(H,17,18). The summed E-state index contributed by atoms with van der Waals surface area (Å²) in [5, 5.41) is 6.17. The first-order valence-electron chi connectivity index (χ1n) is 6.42. The highest BCUT2D eigenvalue weighted by Crippen LogP contribution is 2.17. The van der Waals surface area contributed by atoms with Crippen LogP contribution in [0.4, 0.5) is 11.4 Å². The van der Waals surface area contributed by atoms with Crippen molar-refractivity contribution in [3.63, 3.8) is 0 Å². The number of carbonyl (C=O) groups is 1. The topological polar surface area (TPSA) is 67.2 Å². The molecule has 0 heterocycles. The minimum Gasteiger partial charge on any atom is -0.399 e. The lowest BCUT2D eigenvalue weighted by atomic mass is 10.2. The van der Waals surface area contributed by atoms with E-state index in [0.717, 1.165) is 23.4 Å². The van der Waals surface area contributed by atoms with Crippen LogP contribution >= 0.6 is 0 Å². The number of amides is 1. The van der Waals surface area contributed by atoms with Crippen molar-refractivity contribution in [3.05, 3.63) is 23.8 Å². The molecule has 0 aromatic heterocycles. The van der Waals surface area contributed by atoms with Gasteiger partial charge in [0.2, 0.25) is 5.91 Å². The summed E-state index contributed by atoms with van der Waals surface area (Å²) in [6, 6.07) is 5.97. The zero-order valence-corrected chi connectivity index (χ0v) is 11.4. The highest BCUT2D eigenvalue weighted by Gasteiger charge is 2.05. The van der Waals surface area contributed by atoms with Crippen molar-refractivity contribution in [1.82, 2.24) is 5.32 Å². The van der Waals surface area contributed by atoms with Gasteiger partial charge in [0.25, 0.3) is 0 Å². The Morgan fingerprint density at radius 2 is 2.17 bits per heavy atom. The zero-order chi connectivity index (χ0) is 13.5. The normalized spacial score (nSPS) is 11.9. The summed E-state index contributed by atoms with van der Waals surface area (Å²) >= 11 is 0. The Kier molecular flexibility index (Phi) is 5.49. The van der Waals surface area contributed by atoms with E-state index >= 15 is 0 Å². The molecule has 1 amide bonds. The van der Waals surface area contributed by atoms with Crippen LogP contribution in [0.25, 0.3) is 0 Å². The molecule has 0 saturated carbocycles. The molecule has 0 fully saturated rings. The zero-order valence-electron chi connectivity index (χ0n) is 11.4. The van der Waals surface area contributed by atoms with Gasteiger partial charge in [-0.15, -0.1) is 0 Å². The summed E-state index contributed by atoms with van der Waals surface area (Å²) < 4.78 is 0.